The molecule has 122 valence electrons. The van der Waals surface area contributed by atoms with Crippen molar-refractivity contribution in [1.29, 1.82) is 0 Å². The average Bonchev–Trinajstić information content (AvgIpc) is 2.57. The van der Waals surface area contributed by atoms with Crippen molar-refractivity contribution in [3.63, 3.8) is 0 Å². The van der Waals surface area contributed by atoms with E-state index in [0.29, 0.717) is 6.54 Å². The number of ether oxygens (including phenoxy) is 1. The zero-order chi connectivity index (χ0) is 16.7. The molecule has 0 heterocycles. The monoisotopic (exact) mass is 349 g/mol. The Labute approximate surface area is 146 Å². The summed E-state index contributed by atoms with van der Waals surface area (Å²) in [6.07, 6.45) is 0.794. The van der Waals surface area contributed by atoms with Gasteiger partial charge in [-0.1, -0.05) is 23.7 Å². The minimum Gasteiger partial charge on any atom is -0.497 e. The number of rotatable bonds is 7. The topological polar surface area (TPSA) is 38.3 Å². The summed E-state index contributed by atoms with van der Waals surface area (Å²) in [5.41, 5.74) is 1.16. The number of thioether (sulfide) groups is 1. The number of benzene rings is 2. The van der Waals surface area contributed by atoms with Gasteiger partial charge in [0.25, 0.3) is 0 Å². The van der Waals surface area contributed by atoms with E-state index in [0.717, 1.165) is 27.7 Å². The van der Waals surface area contributed by atoms with Crippen LogP contribution in [-0.4, -0.2) is 24.8 Å². The van der Waals surface area contributed by atoms with Crippen LogP contribution in [0.2, 0.25) is 5.02 Å². The molecule has 2 aromatic carbocycles. The molecule has 23 heavy (non-hydrogen) atoms. The van der Waals surface area contributed by atoms with Crippen molar-refractivity contribution in [1.82, 2.24) is 5.32 Å². The van der Waals surface area contributed by atoms with Crippen molar-refractivity contribution in [2.45, 2.75) is 23.5 Å². The fourth-order valence-electron chi connectivity index (χ4n) is 2.04. The highest BCUT2D eigenvalue weighted by Crippen LogP contribution is 2.25. The van der Waals surface area contributed by atoms with E-state index >= 15 is 0 Å². The lowest BCUT2D eigenvalue weighted by molar-refractivity contribution is -0.120. The van der Waals surface area contributed by atoms with E-state index < -0.39 is 0 Å². The van der Waals surface area contributed by atoms with Gasteiger partial charge in [0.15, 0.2) is 0 Å². The summed E-state index contributed by atoms with van der Waals surface area (Å²) in [5.74, 6) is 0.856. The van der Waals surface area contributed by atoms with Gasteiger partial charge in [0.2, 0.25) is 5.91 Å². The Morgan fingerprint density at radius 1 is 1.17 bits per heavy atom. The maximum Gasteiger partial charge on any atom is 0.233 e. The Hall–Kier alpha value is -1.65. The third kappa shape index (κ3) is 5.81. The molecule has 2 rings (SSSR count). The molecule has 0 saturated heterocycles. The number of hydrogen-bond acceptors (Lipinski definition) is 3. The molecule has 0 aliphatic carbocycles. The molecule has 0 fully saturated rings. The molecule has 0 unspecified atom stereocenters. The van der Waals surface area contributed by atoms with Crippen LogP contribution in [0, 0.1) is 0 Å². The van der Waals surface area contributed by atoms with Gasteiger partial charge in [-0.3, -0.25) is 4.79 Å². The van der Waals surface area contributed by atoms with Crippen LogP contribution in [0.3, 0.4) is 0 Å². The van der Waals surface area contributed by atoms with E-state index in [1.54, 1.807) is 7.11 Å². The highest BCUT2D eigenvalue weighted by Gasteiger charge is 2.13. The van der Waals surface area contributed by atoms with Gasteiger partial charge >= 0.3 is 0 Å². The van der Waals surface area contributed by atoms with Gasteiger partial charge in [-0.25, -0.2) is 0 Å². The minimum atomic E-state index is -0.145. The van der Waals surface area contributed by atoms with Gasteiger partial charge in [0, 0.05) is 16.5 Å². The van der Waals surface area contributed by atoms with Gasteiger partial charge in [-0.15, -0.1) is 11.8 Å². The minimum absolute atomic E-state index is 0.0415. The first-order chi connectivity index (χ1) is 11.1. The van der Waals surface area contributed by atoms with Crippen LogP contribution >= 0.6 is 23.4 Å². The molecular weight excluding hydrogens is 330 g/mol. The second-order valence-corrected chi connectivity index (χ2v) is 6.95. The molecule has 2 aromatic rings. The van der Waals surface area contributed by atoms with Crippen molar-refractivity contribution >= 4 is 29.3 Å². The molecule has 3 nitrogen and oxygen atoms in total. The summed E-state index contributed by atoms with van der Waals surface area (Å²) in [4.78, 5) is 13.2. The average molecular weight is 350 g/mol. The molecule has 0 aliphatic heterocycles. The van der Waals surface area contributed by atoms with Gasteiger partial charge < -0.3 is 10.1 Å². The van der Waals surface area contributed by atoms with Crippen molar-refractivity contribution < 1.29 is 9.53 Å². The number of halogens is 1. The highest BCUT2D eigenvalue weighted by atomic mass is 35.5. The smallest absolute Gasteiger partial charge is 0.233 e. The van der Waals surface area contributed by atoms with Crippen molar-refractivity contribution in [3.8, 4) is 5.75 Å². The van der Waals surface area contributed by atoms with Gasteiger partial charge in [0.1, 0.15) is 5.75 Å². The first-order valence-corrected chi connectivity index (χ1v) is 8.67. The van der Waals surface area contributed by atoms with E-state index in [1.807, 2.05) is 55.5 Å². The molecule has 1 N–H and O–H groups in total. The number of hydrogen-bond donors (Lipinski definition) is 1. The largest absolute Gasteiger partial charge is 0.497 e. The predicted octanol–water partition coefficient (Wildman–Crippen LogP) is 4.19. The fourth-order valence-corrected chi connectivity index (χ4v) is 3.05. The van der Waals surface area contributed by atoms with Gasteiger partial charge in [-0.2, -0.15) is 0 Å². The van der Waals surface area contributed by atoms with Crippen LogP contribution in [0.15, 0.2) is 53.4 Å². The second kappa shape index (κ2) is 8.85. The van der Waals surface area contributed by atoms with Crippen molar-refractivity contribution in [3.05, 3.63) is 59.1 Å². The third-order valence-corrected chi connectivity index (χ3v) is 4.73. The Morgan fingerprint density at radius 2 is 1.83 bits per heavy atom. The van der Waals surface area contributed by atoms with Crippen molar-refractivity contribution in [2.75, 3.05) is 13.7 Å². The number of amides is 1. The lowest BCUT2D eigenvalue weighted by Crippen LogP contribution is -2.32. The first-order valence-electron chi connectivity index (χ1n) is 7.41. The van der Waals surface area contributed by atoms with Crippen LogP contribution in [-0.2, 0) is 11.2 Å². The summed E-state index contributed by atoms with van der Waals surface area (Å²) in [6, 6.07) is 15.4. The molecular formula is C18H20ClNO2S. The summed E-state index contributed by atoms with van der Waals surface area (Å²) < 4.78 is 5.13. The summed E-state index contributed by atoms with van der Waals surface area (Å²) >= 11 is 7.39. The summed E-state index contributed by atoms with van der Waals surface area (Å²) in [7, 11) is 1.64. The van der Waals surface area contributed by atoms with Gasteiger partial charge in [-0.05, 0) is 55.3 Å². The van der Waals surface area contributed by atoms with E-state index in [9.17, 15) is 4.79 Å². The van der Waals surface area contributed by atoms with Crippen LogP contribution in [0.25, 0.3) is 0 Å². The molecule has 0 saturated carbocycles. The standard InChI is InChI=1S/C18H20ClNO2S/c1-13(23-17-9-7-16(22-2)8-10-17)18(21)20-12-11-14-3-5-15(19)6-4-14/h3-10,13H,11-12H2,1-2H3,(H,20,21)/t13-/m0/s1. The van der Waals surface area contributed by atoms with Crippen molar-refractivity contribution in [2.24, 2.45) is 0 Å². The molecule has 0 aliphatic rings. The summed E-state index contributed by atoms with van der Waals surface area (Å²) in [5, 5.41) is 3.55. The molecule has 0 bridgehead atoms. The van der Waals surface area contributed by atoms with Crippen LogP contribution in [0.1, 0.15) is 12.5 Å². The maximum absolute atomic E-state index is 12.1. The van der Waals surface area contributed by atoms with Crippen LogP contribution in [0.5, 0.6) is 5.75 Å². The number of methoxy groups -OCH3 is 1. The molecule has 5 heteroatoms. The van der Waals surface area contributed by atoms with Crippen LogP contribution in [0.4, 0.5) is 0 Å². The SMILES string of the molecule is COc1ccc(S[C@@H](C)C(=O)NCCc2ccc(Cl)cc2)cc1. The molecule has 0 spiro atoms. The fraction of sp³-hybridized carbons (Fsp3) is 0.278. The lowest BCUT2D eigenvalue weighted by atomic mass is 10.1. The summed E-state index contributed by atoms with van der Waals surface area (Å²) in [6.45, 7) is 2.53. The van der Waals surface area contributed by atoms with E-state index in [4.69, 9.17) is 16.3 Å². The third-order valence-electron chi connectivity index (χ3n) is 3.37. The maximum atomic E-state index is 12.1. The number of nitrogens with one attached hydrogen (secondary N) is 1. The Balaban J connectivity index is 1.76. The zero-order valence-electron chi connectivity index (χ0n) is 13.2. The molecule has 1 amide bonds. The molecule has 0 radical (unpaired) electrons. The first kappa shape index (κ1) is 17.7. The van der Waals surface area contributed by atoms with E-state index in [1.165, 1.54) is 11.8 Å². The zero-order valence-corrected chi connectivity index (χ0v) is 14.8. The lowest BCUT2D eigenvalue weighted by Gasteiger charge is -2.12. The van der Waals surface area contributed by atoms with Gasteiger partial charge in [0.05, 0.1) is 12.4 Å². The second-order valence-electron chi connectivity index (χ2n) is 5.10. The highest BCUT2D eigenvalue weighted by molar-refractivity contribution is 8.00. The number of carbonyl (C=O) groups is 1. The predicted molar refractivity (Wildman–Crippen MR) is 96.5 cm³/mol. The molecule has 0 aromatic heterocycles. The normalized spacial score (nSPS) is 11.8. The van der Waals surface area contributed by atoms with Crippen LogP contribution < -0.4 is 10.1 Å². The van der Waals surface area contributed by atoms with E-state index in [2.05, 4.69) is 5.32 Å². The Bertz CT molecular complexity index is 628. The Morgan fingerprint density at radius 3 is 2.43 bits per heavy atom. The van der Waals surface area contributed by atoms with E-state index in [-0.39, 0.29) is 11.2 Å². The molecule has 1 atom stereocenters. The number of carbonyl (C=O) groups excluding carboxylic acids is 1. The quantitative estimate of drug-likeness (QED) is 0.762. The Kier molecular flexibility index (Phi) is 6.81.